The number of thioether (sulfide) groups is 1. The Balaban J connectivity index is 1.37. The van der Waals surface area contributed by atoms with Gasteiger partial charge in [0.25, 0.3) is 0 Å². The van der Waals surface area contributed by atoms with Crippen LogP contribution in [0.3, 0.4) is 0 Å². The van der Waals surface area contributed by atoms with Gasteiger partial charge < -0.3 is 5.32 Å². The maximum Gasteiger partial charge on any atom is 0.230 e. The van der Waals surface area contributed by atoms with Crippen LogP contribution in [-0.2, 0) is 17.0 Å². The van der Waals surface area contributed by atoms with Gasteiger partial charge in [0.1, 0.15) is 0 Å². The normalized spacial score (nSPS) is 10.7. The van der Waals surface area contributed by atoms with E-state index in [4.69, 9.17) is 0 Å². The first-order chi connectivity index (χ1) is 12.7. The van der Waals surface area contributed by atoms with E-state index >= 15 is 0 Å². The second-order valence-corrected chi connectivity index (χ2v) is 7.20. The standard InChI is InChI=1S/C21H23N3OS/c1-17-6-5-7-18(12-17)15-26-16-21(25)22-11-10-19-13-23-24(14-19)20-8-3-2-4-9-20/h2-9,12-14H,10-11,15-16H2,1H3,(H,22,25). The molecule has 3 rings (SSSR count). The molecule has 0 bridgehead atoms. The Bertz CT molecular complexity index is 845. The maximum absolute atomic E-state index is 12.0. The number of carbonyl (C=O) groups is 1. The van der Waals surface area contributed by atoms with Crippen LogP contribution in [0.5, 0.6) is 0 Å². The highest BCUT2D eigenvalue weighted by Crippen LogP contribution is 2.13. The Kier molecular flexibility index (Phi) is 6.50. The van der Waals surface area contributed by atoms with Crippen molar-refractivity contribution >= 4 is 17.7 Å². The molecule has 0 aliphatic carbocycles. The van der Waals surface area contributed by atoms with Crippen LogP contribution in [0.1, 0.15) is 16.7 Å². The number of rotatable bonds is 8. The molecular weight excluding hydrogens is 342 g/mol. The van der Waals surface area contributed by atoms with Crippen molar-refractivity contribution in [3.05, 3.63) is 83.7 Å². The third kappa shape index (κ3) is 5.49. The van der Waals surface area contributed by atoms with E-state index in [-0.39, 0.29) is 5.91 Å². The Labute approximate surface area is 158 Å². The highest BCUT2D eigenvalue weighted by Gasteiger charge is 2.04. The molecule has 0 aliphatic heterocycles. The minimum Gasteiger partial charge on any atom is -0.355 e. The second kappa shape index (κ2) is 9.25. The van der Waals surface area contributed by atoms with Crippen molar-refractivity contribution in [3.63, 3.8) is 0 Å². The number of amides is 1. The lowest BCUT2D eigenvalue weighted by Crippen LogP contribution is -2.27. The summed E-state index contributed by atoms with van der Waals surface area (Å²) < 4.78 is 1.86. The molecule has 5 heteroatoms. The van der Waals surface area contributed by atoms with Crippen molar-refractivity contribution in [2.75, 3.05) is 12.3 Å². The number of para-hydroxylation sites is 1. The van der Waals surface area contributed by atoms with E-state index in [0.29, 0.717) is 12.3 Å². The molecule has 1 N–H and O–H groups in total. The average Bonchev–Trinajstić information content (AvgIpc) is 3.11. The Morgan fingerprint density at radius 1 is 1.12 bits per heavy atom. The smallest absolute Gasteiger partial charge is 0.230 e. The first-order valence-corrected chi connectivity index (χ1v) is 9.85. The molecular formula is C21H23N3OS. The largest absolute Gasteiger partial charge is 0.355 e. The molecule has 0 unspecified atom stereocenters. The summed E-state index contributed by atoms with van der Waals surface area (Å²) in [6.07, 6.45) is 4.64. The molecule has 134 valence electrons. The third-order valence-electron chi connectivity index (χ3n) is 3.98. The van der Waals surface area contributed by atoms with E-state index in [0.717, 1.165) is 23.4 Å². The van der Waals surface area contributed by atoms with Crippen molar-refractivity contribution in [2.45, 2.75) is 19.1 Å². The summed E-state index contributed by atoms with van der Waals surface area (Å²) in [6, 6.07) is 18.4. The topological polar surface area (TPSA) is 46.9 Å². The van der Waals surface area contributed by atoms with Crippen LogP contribution < -0.4 is 5.32 Å². The zero-order valence-corrected chi connectivity index (χ0v) is 15.7. The number of aromatic nitrogens is 2. The van der Waals surface area contributed by atoms with Crippen LogP contribution in [0.25, 0.3) is 5.69 Å². The number of hydrogen-bond donors (Lipinski definition) is 1. The van der Waals surface area contributed by atoms with Crippen molar-refractivity contribution < 1.29 is 4.79 Å². The molecule has 1 aromatic heterocycles. The van der Waals surface area contributed by atoms with Crippen LogP contribution in [0.4, 0.5) is 0 Å². The monoisotopic (exact) mass is 365 g/mol. The van der Waals surface area contributed by atoms with Gasteiger partial charge in [-0.2, -0.15) is 5.10 Å². The van der Waals surface area contributed by atoms with Gasteiger partial charge in [-0.3, -0.25) is 4.79 Å². The number of aryl methyl sites for hydroxylation is 1. The van der Waals surface area contributed by atoms with Crippen molar-refractivity contribution in [1.82, 2.24) is 15.1 Å². The van der Waals surface area contributed by atoms with Gasteiger partial charge in [-0.05, 0) is 36.6 Å². The van der Waals surface area contributed by atoms with Crippen LogP contribution in [0.2, 0.25) is 0 Å². The van der Waals surface area contributed by atoms with Crippen molar-refractivity contribution in [1.29, 1.82) is 0 Å². The lowest BCUT2D eigenvalue weighted by Gasteiger charge is -2.05. The summed E-state index contributed by atoms with van der Waals surface area (Å²) in [5, 5.41) is 7.36. The lowest BCUT2D eigenvalue weighted by atomic mass is 10.2. The summed E-state index contributed by atoms with van der Waals surface area (Å²) in [5.74, 6) is 1.42. The van der Waals surface area contributed by atoms with Crippen molar-refractivity contribution in [2.24, 2.45) is 0 Å². The first kappa shape index (κ1) is 18.3. The molecule has 0 atom stereocenters. The van der Waals surface area contributed by atoms with Crippen molar-refractivity contribution in [3.8, 4) is 5.69 Å². The van der Waals surface area contributed by atoms with E-state index in [9.17, 15) is 4.79 Å². The molecule has 26 heavy (non-hydrogen) atoms. The number of carbonyl (C=O) groups excluding carboxylic acids is 1. The SMILES string of the molecule is Cc1cccc(CSCC(=O)NCCc2cnn(-c3ccccc3)c2)c1. The summed E-state index contributed by atoms with van der Waals surface area (Å²) in [6.45, 7) is 2.71. The van der Waals surface area contributed by atoms with Gasteiger partial charge in [-0.15, -0.1) is 11.8 Å². The fraction of sp³-hybridized carbons (Fsp3) is 0.238. The molecule has 2 aromatic carbocycles. The highest BCUT2D eigenvalue weighted by atomic mass is 32.2. The number of hydrogen-bond acceptors (Lipinski definition) is 3. The number of nitrogens with one attached hydrogen (secondary N) is 1. The van der Waals surface area contributed by atoms with E-state index in [1.54, 1.807) is 11.8 Å². The van der Waals surface area contributed by atoms with Crippen LogP contribution in [-0.4, -0.2) is 28.0 Å². The molecule has 3 aromatic rings. The molecule has 0 aliphatic rings. The van der Waals surface area contributed by atoms with Gasteiger partial charge in [-0.1, -0.05) is 48.0 Å². The molecule has 1 amide bonds. The summed E-state index contributed by atoms with van der Waals surface area (Å²) in [5.41, 5.74) is 4.66. The molecule has 0 saturated heterocycles. The molecule has 0 spiro atoms. The van der Waals surface area contributed by atoms with Gasteiger partial charge in [0.15, 0.2) is 0 Å². The van der Waals surface area contributed by atoms with E-state index < -0.39 is 0 Å². The van der Waals surface area contributed by atoms with Crippen LogP contribution in [0.15, 0.2) is 67.0 Å². The number of benzene rings is 2. The Hall–Kier alpha value is -2.53. The van der Waals surface area contributed by atoms with Gasteiger partial charge in [0.2, 0.25) is 5.91 Å². The maximum atomic E-state index is 12.0. The van der Waals surface area contributed by atoms with Crippen LogP contribution in [0, 0.1) is 6.92 Å². The molecule has 0 radical (unpaired) electrons. The second-order valence-electron chi connectivity index (χ2n) is 6.21. The van der Waals surface area contributed by atoms with Gasteiger partial charge in [-0.25, -0.2) is 4.68 Å². The fourth-order valence-electron chi connectivity index (χ4n) is 2.67. The third-order valence-corrected chi connectivity index (χ3v) is 4.98. The quantitative estimate of drug-likeness (QED) is 0.661. The Morgan fingerprint density at radius 2 is 1.96 bits per heavy atom. The van der Waals surface area contributed by atoms with Gasteiger partial charge in [0, 0.05) is 18.5 Å². The predicted octanol–water partition coefficient (Wildman–Crippen LogP) is 3.77. The molecule has 0 fully saturated rings. The zero-order chi connectivity index (χ0) is 18.2. The summed E-state index contributed by atoms with van der Waals surface area (Å²) in [7, 11) is 0. The lowest BCUT2D eigenvalue weighted by molar-refractivity contribution is -0.118. The van der Waals surface area contributed by atoms with Gasteiger partial charge >= 0.3 is 0 Å². The predicted molar refractivity (Wildman–Crippen MR) is 108 cm³/mol. The molecule has 1 heterocycles. The minimum absolute atomic E-state index is 0.0816. The summed E-state index contributed by atoms with van der Waals surface area (Å²) >= 11 is 1.64. The zero-order valence-electron chi connectivity index (χ0n) is 14.9. The number of nitrogens with zero attached hydrogens (tertiary/aromatic N) is 2. The highest BCUT2D eigenvalue weighted by molar-refractivity contribution is 7.99. The summed E-state index contributed by atoms with van der Waals surface area (Å²) in [4.78, 5) is 12.0. The fourth-order valence-corrected chi connectivity index (χ4v) is 3.48. The van der Waals surface area contributed by atoms with E-state index in [1.807, 2.05) is 47.4 Å². The molecule has 4 nitrogen and oxygen atoms in total. The molecule has 0 saturated carbocycles. The Morgan fingerprint density at radius 3 is 2.77 bits per heavy atom. The van der Waals surface area contributed by atoms with E-state index in [2.05, 4.69) is 41.6 Å². The minimum atomic E-state index is 0.0816. The van der Waals surface area contributed by atoms with Gasteiger partial charge in [0.05, 0.1) is 17.6 Å². The van der Waals surface area contributed by atoms with Crippen LogP contribution >= 0.6 is 11.8 Å². The first-order valence-electron chi connectivity index (χ1n) is 8.70. The average molecular weight is 366 g/mol. The van der Waals surface area contributed by atoms with E-state index in [1.165, 1.54) is 11.1 Å².